The first kappa shape index (κ1) is 12.8. The van der Waals surface area contributed by atoms with E-state index in [0.29, 0.717) is 10.4 Å². The highest BCUT2D eigenvalue weighted by Crippen LogP contribution is 2.25. The lowest BCUT2D eigenvalue weighted by Gasteiger charge is -1.92. The van der Waals surface area contributed by atoms with Crippen LogP contribution in [0.1, 0.15) is 10.6 Å². The number of hydrogen-bond acceptors (Lipinski definition) is 5. The summed E-state index contributed by atoms with van der Waals surface area (Å²) in [7, 11) is 0. The van der Waals surface area contributed by atoms with Crippen LogP contribution in [0.3, 0.4) is 0 Å². The fourth-order valence-electron chi connectivity index (χ4n) is 1.48. The molecule has 2 aromatic rings. The first-order valence-corrected chi connectivity index (χ1v) is 7.61. The highest BCUT2D eigenvalue weighted by molar-refractivity contribution is 9.10. The third-order valence-corrected chi connectivity index (χ3v) is 4.34. The number of hydrogen-bond donors (Lipinski definition) is 0. The number of nitrogens with zero attached hydrogens (tertiary/aromatic N) is 1. The van der Waals surface area contributed by atoms with Crippen LogP contribution in [0, 0.1) is 0 Å². The van der Waals surface area contributed by atoms with Crippen molar-refractivity contribution in [3.63, 3.8) is 0 Å². The maximum atomic E-state index is 11.7. The standard InChI is InChI=1S/C12H5Br2NO3S/c13-6-3-7(19-5-6)4-8-12(16)18-11(15-8)9-1-2-10(14)17-9/h1-5H. The van der Waals surface area contributed by atoms with Gasteiger partial charge < -0.3 is 9.15 Å². The van der Waals surface area contributed by atoms with Gasteiger partial charge >= 0.3 is 5.97 Å². The van der Waals surface area contributed by atoms with Crippen LogP contribution in [0.25, 0.3) is 6.08 Å². The smallest absolute Gasteiger partial charge is 0.363 e. The summed E-state index contributed by atoms with van der Waals surface area (Å²) in [6.07, 6.45) is 1.68. The van der Waals surface area contributed by atoms with Gasteiger partial charge in [0, 0.05) is 14.7 Å². The number of carbonyl (C=O) groups excluding carboxylic acids is 1. The summed E-state index contributed by atoms with van der Waals surface area (Å²) in [5.41, 5.74) is 0.261. The molecule has 2 aromatic heterocycles. The topological polar surface area (TPSA) is 51.8 Å². The van der Waals surface area contributed by atoms with Gasteiger partial charge in [0.1, 0.15) is 0 Å². The van der Waals surface area contributed by atoms with E-state index in [9.17, 15) is 4.79 Å². The Morgan fingerprint density at radius 2 is 2.16 bits per heavy atom. The third-order valence-electron chi connectivity index (χ3n) is 2.27. The molecule has 19 heavy (non-hydrogen) atoms. The van der Waals surface area contributed by atoms with Crippen molar-refractivity contribution in [3.8, 4) is 0 Å². The molecular weight excluding hydrogens is 398 g/mol. The van der Waals surface area contributed by atoms with Gasteiger partial charge in [0.15, 0.2) is 16.1 Å². The molecule has 3 rings (SSSR count). The van der Waals surface area contributed by atoms with Crippen LogP contribution < -0.4 is 0 Å². The second kappa shape index (κ2) is 5.07. The summed E-state index contributed by atoms with van der Waals surface area (Å²) in [4.78, 5) is 16.8. The zero-order valence-electron chi connectivity index (χ0n) is 9.22. The van der Waals surface area contributed by atoms with Crippen molar-refractivity contribution in [3.05, 3.63) is 49.1 Å². The van der Waals surface area contributed by atoms with Crippen molar-refractivity contribution in [1.82, 2.24) is 0 Å². The molecule has 3 heterocycles. The Bertz CT molecular complexity index is 714. The van der Waals surface area contributed by atoms with Gasteiger partial charge in [0.2, 0.25) is 0 Å². The minimum absolute atomic E-state index is 0.178. The fraction of sp³-hybridized carbons (Fsp3) is 0. The molecule has 0 fully saturated rings. The lowest BCUT2D eigenvalue weighted by molar-refractivity contribution is -0.130. The van der Waals surface area contributed by atoms with Crippen molar-refractivity contribution >= 4 is 61.1 Å². The maximum Gasteiger partial charge on any atom is 0.363 e. The Kier molecular flexibility index (Phi) is 3.42. The van der Waals surface area contributed by atoms with Crippen LogP contribution in [-0.4, -0.2) is 11.9 Å². The van der Waals surface area contributed by atoms with Crippen LogP contribution in [0.15, 0.2) is 47.8 Å². The first-order valence-electron chi connectivity index (χ1n) is 5.14. The molecule has 0 unspecified atom stereocenters. The number of cyclic esters (lactones) is 1. The summed E-state index contributed by atoms with van der Waals surface area (Å²) in [6, 6.07) is 5.30. The van der Waals surface area contributed by atoms with E-state index in [0.717, 1.165) is 9.35 Å². The fourth-order valence-corrected chi connectivity index (χ4v) is 3.16. The molecule has 1 aliphatic rings. The molecule has 0 N–H and O–H groups in total. The number of esters is 1. The minimum Gasteiger partial charge on any atom is -0.444 e. The number of ether oxygens (including phenoxy) is 1. The second-order valence-electron chi connectivity index (χ2n) is 3.61. The number of halogens is 2. The minimum atomic E-state index is -0.480. The molecule has 7 heteroatoms. The number of thiophene rings is 1. The molecule has 96 valence electrons. The summed E-state index contributed by atoms with van der Waals surface area (Å²) < 4.78 is 11.9. The van der Waals surface area contributed by atoms with Gasteiger partial charge in [-0.1, -0.05) is 0 Å². The quantitative estimate of drug-likeness (QED) is 0.558. The van der Waals surface area contributed by atoms with Crippen LogP contribution in [0.4, 0.5) is 0 Å². The van der Waals surface area contributed by atoms with Crippen LogP contribution >= 0.6 is 43.2 Å². The molecule has 0 saturated carbocycles. The SMILES string of the molecule is O=C1OC(c2ccc(Br)o2)=NC1=Cc1cc(Br)cs1. The van der Waals surface area contributed by atoms with Gasteiger partial charge in [0.25, 0.3) is 5.90 Å². The molecule has 0 aliphatic carbocycles. The summed E-state index contributed by atoms with van der Waals surface area (Å²) in [5, 5.41) is 1.93. The Labute approximate surface area is 129 Å². The zero-order chi connectivity index (χ0) is 13.4. The predicted molar refractivity (Wildman–Crippen MR) is 79.0 cm³/mol. The van der Waals surface area contributed by atoms with E-state index < -0.39 is 5.97 Å². The van der Waals surface area contributed by atoms with Gasteiger partial charge in [-0.15, -0.1) is 11.3 Å². The molecule has 0 atom stereocenters. The molecular formula is C12H5Br2NO3S. The highest BCUT2D eigenvalue weighted by atomic mass is 79.9. The largest absolute Gasteiger partial charge is 0.444 e. The molecule has 0 saturated heterocycles. The number of furan rings is 1. The van der Waals surface area contributed by atoms with Gasteiger partial charge in [-0.2, -0.15) is 0 Å². The Morgan fingerprint density at radius 1 is 1.32 bits per heavy atom. The molecule has 4 nitrogen and oxygen atoms in total. The van der Waals surface area contributed by atoms with Crippen molar-refractivity contribution in [2.75, 3.05) is 0 Å². The van der Waals surface area contributed by atoms with E-state index in [2.05, 4.69) is 36.9 Å². The van der Waals surface area contributed by atoms with Crippen LogP contribution in [-0.2, 0) is 9.53 Å². The Balaban J connectivity index is 1.93. The van der Waals surface area contributed by atoms with Gasteiger partial charge in [0.05, 0.1) is 0 Å². The zero-order valence-corrected chi connectivity index (χ0v) is 13.2. The van der Waals surface area contributed by atoms with E-state index >= 15 is 0 Å². The van der Waals surface area contributed by atoms with E-state index in [4.69, 9.17) is 9.15 Å². The van der Waals surface area contributed by atoms with E-state index in [-0.39, 0.29) is 11.6 Å². The predicted octanol–water partition coefficient (Wildman–Crippen LogP) is 4.21. The van der Waals surface area contributed by atoms with Crippen molar-refractivity contribution < 1.29 is 13.9 Å². The van der Waals surface area contributed by atoms with E-state index in [1.807, 2.05) is 11.4 Å². The van der Waals surface area contributed by atoms with Crippen molar-refractivity contribution in [1.29, 1.82) is 0 Å². The molecule has 0 amide bonds. The summed E-state index contributed by atoms with van der Waals surface area (Å²) >= 11 is 8.05. The second-order valence-corrected chi connectivity index (χ2v) is 6.25. The third kappa shape index (κ3) is 2.72. The lowest BCUT2D eigenvalue weighted by atomic mass is 10.3. The average molecular weight is 403 g/mol. The first-order chi connectivity index (χ1) is 9.11. The monoisotopic (exact) mass is 401 g/mol. The van der Waals surface area contributed by atoms with E-state index in [1.54, 1.807) is 18.2 Å². The van der Waals surface area contributed by atoms with Crippen LogP contribution in [0.5, 0.6) is 0 Å². The summed E-state index contributed by atoms with van der Waals surface area (Å²) in [6.45, 7) is 0. The average Bonchev–Trinajstić information content (AvgIpc) is 3.03. The number of rotatable bonds is 2. The molecule has 0 radical (unpaired) electrons. The Hall–Kier alpha value is -1.18. The van der Waals surface area contributed by atoms with Gasteiger partial charge in [-0.25, -0.2) is 9.79 Å². The van der Waals surface area contributed by atoms with Crippen LogP contribution in [0.2, 0.25) is 0 Å². The number of aliphatic imine (C=N–C) groups is 1. The molecule has 1 aliphatic heterocycles. The maximum absolute atomic E-state index is 11.7. The van der Waals surface area contributed by atoms with Gasteiger partial charge in [-0.3, -0.25) is 0 Å². The Morgan fingerprint density at radius 3 is 2.79 bits per heavy atom. The van der Waals surface area contributed by atoms with E-state index in [1.165, 1.54) is 11.3 Å². The molecule has 0 aromatic carbocycles. The number of carbonyl (C=O) groups is 1. The van der Waals surface area contributed by atoms with Crippen molar-refractivity contribution in [2.24, 2.45) is 4.99 Å². The van der Waals surface area contributed by atoms with Crippen molar-refractivity contribution in [2.45, 2.75) is 0 Å². The summed E-state index contributed by atoms with van der Waals surface area (Å²) in [5.74, 6) is 0.112. The normalized spacial score (nSPS) is 16.8. The highest BCUT2D eigenvalue weighted by Gasteiger charge is 2.26. The molecule has 0 bridgehead atoms. The molecule has 0 spiro atoms. The lowest BCUT2D eigenvalue weighted by Crippen LogP contribution is -2.04. The van der Waals surface area contributed by atoms with Gasteiger partial charge in [-0.05, 0) is 56.1 Å².